The molecule has 3 rings (SSSR count). The summed E-state index contributed by atoms with van der Waals surface area (Å²) in [6.07, 6.45) is 3.45. The van der Waals surface area contributed by atoms with Crippen molar-refractivity contribution >= 4 is 27.8 Å². The molecule has 1 aliphatic heterocycles. The van der Waals surface area contributed by atoms with E-state index in [4.69, 9.17) is 9.47 Å². The van der Waals surface area contributed by atoms with Crippen LogP contribution >= 0.6 is 0 Å². The monoisotopic (exact) mass is 489 g/mol. The zero-order valence-corrected chi connectivity index (χ0v) is 19.6. The Kier molecular flexibility index (Phi) is 8.61. The van der Waals surface area contributed by atoms with Crippen LogP contribution in [0.5, 0.6) is 5.75 Å². The van der Waals surface area contributed by atoms with Gasteiger partial charge in [0.25, 0.3) is 11.8 Å². The number of nitrogens with one attached hydrogen (secondary N) is 2. The Bertz CT molecular complexity index is 1130. The van der Waals surface area contributed by atoms with Crippen LogP contribution in [0.1, 0.15) is 46.4 Å². The van der Waals surface area contributed by atoms with Crippen molar-refractivity contribution in [2.24, 2.45) is 0 Å². The topological polar surface area (TPSA) is 131 Å². The molecule has 2 aromatic rings. The van der Waals surface area contributed by atoms with Crippen molar-refractivity contribution in [3.8, 4) is 5.75 Å². The number of carbonyl (C=O) groups is 3. The van der Waals surface area contributed by atoms with E-state index in [2.05, 4.69) is 10.9 Å². The molecule has 0 unspecified atom stereocenters. The fourth-order valence-corrected chi connectivity index (χ4v) is 5.16. The maximum atomic E-state index is 13.2. The van der Waals surface area contributed by atoms with Crippen molar-refractivity contribution in [3.63, 3.8) is 0 Å². The Balaban J connectivity index is 1.63. The van der Waals surface area contributed by atoms with E-state index in [9.17, 15) is 22.8 Å². The Labute approximate surface area is 198 Å². The summed E-state index contributed by atoms with van der Waals surface area (Å²) in [5, 5.41) is 0. The standard InChI is InChI=1S/C23H27N3O7S/c1-32-19-12-11-18(15-20(19)34(30,31)26-13-7-2-3-8-14-26)23(29)33-16-21(27)24-25-22(28)17-9-5-4-6-10-17/h4-6,9-12,15H,2-3,7-8,13-14,16H2,1H3,(H,24,27)(H,25,28). The maximum absolute atomic E-state index is 13.2. The smallest absolute Gasteiger partial charge is 0.338 e. The molecule has 0 aliphatic carbocycles. The second-order valence-electron chi connectivity index (χ2n) is 7.63. The van der Waals surface area contributed by atoms with Gasteiger partial charge in [0.1, 0.15) is 10.6 Å². The van der Waals surface area contributed by atoms with Crippen LogP contribution in [0.4, 0.5) is 0 Å². The lowest BCUT2D eigenvalue weighted by molar-refractivity contribution is -0.125. The SMILES string of the molecule is COc1ccc(C(=O)OCC(=O)NNC(=O)c2ccccc2)cc1S(=O)(=O)N1CCCCCC1. The molecular weight excluding hydrogens is 462 g/mol. The van der Waals surface area contributed by atoms with Crippen LogP contribution in [-0.4, -0.2) is 57.3 Å². The van der Waals surface area contributed by atoms with E-state index in [0.717, 1.165) is 25.7 Å². The van der Waals surface area contributed by atoms with Crippen LogP contribution in [0.15, 0.2) is 53.4 Å². The molecule has 2 aromatic carbocycles. The van der Waals surface area contributed by atoms with Gasteiger partial charge in [-0.05, 0) is 43.2 Å². The second kappa shape index (κ2) is 11.6. The van der Waals surface area contributed by atoms with Gasteiger partial charge in [-0.15, -0.1) is 0 Å². The minimum atomic E-state index is -3.89. The molecule has 1 heterocycles. The fraction of sp³-hybridized carbons (Fsp3) is 0.348. The lowest BCUT2D eigenvalue weighted by atomic mass is 10.2. The highest BCUT2D eigenvalue weighted by atomic mass is 32.2. The Morgan fingerprint density at radius 2 is 1.59 bits per heavy atom. The number of sulfonamides is 1. The van der Waals surface area contributed by atoms with E-state index in [1.807, 2.05) is 0 Å². The maximum Gasteiger partial charge on any atom is 0.338 e. The van der Waals surface area contributed by atoms with Crippen molar-refractivity contribution < 1.29 is 32.3 Å². The average molecular weight is 490 g/mol. The largest absolute Gasteiger partial charge is 0.495 e. The molecule has 34 heavy (non-hydrogen) atoms. The van der Waals surface area contributed by atoms with Gasteiger partial charge in [0.2, 0.25) is 10.0 Å². The molecule has 0 aromatic heterocycles. The molecule has 1 fully saturated rings. The zero-order chi connectivity index (χ0) is 24.6. The first kappa shape index (κ1) is 25.2. The normalized spacial score (nSPS) is 14.5. The highest BCUT2D eigenvalue weighted by Crippen LogP contribution is 2.29. The minimum absolute atomic E-state index is 0.0460. The molecule has 2 amide bonds. The molecular formula is C23H27N3O7S. The number of ether oxygens (including phenoxy) is 2. The molecule has 2 N–H and O–H groups in total. The summed E-state index contributed by atoms with van der Waals surface area (Å²) >= 11 is 0. The van der Waals surface area contributed by atoms with Gasteiger partial charge in [-0.1, -0.05) is 31.0 Å². The summed E-state index contributed by atoms with van der Waals surface area (Å²) in [7, 11) is -2.54. The van der Waals surface area contributed by atoms with Crippen molar-refractivity contribution in [2.45, 2.75) is 30.6 Å². The summed E-state index contributed by atoms with van der Waals surface area (Å²) in [6.45, 7) is 0.123. The third-order valence-electron chi connectivity index (χ3n) is 5.27. The predicted octanol–water partition coefficient (Wildman–Crippen LogP) is 1.88. The van der Waals surface area contributed by atoms with Gasteiger partial charge in [0.15, 0.2) is 6.61 Å². The predicted molar refractivity (Wildman–Crippen MR) is 123 cm³/mol. The molecule has 0 spiro atoms. The Morgan fingerprint density at radius 1 is 0.912 bits per heavy atom. The van der Waals surface area contributed by atoms with Crippen molar-refractivity contribution in [2.75, 3.05) is 26.8 Å². The fourth-order valence-electron chi connectivity index (χ4n) is 3.47. The Hall–Kier alpha value is -3.44. The van der Waals surface area contributed by atoms with E-state index >= 15 is 0 Å². The van der Waals surface area contributed by atoms with Crippen molar-refractivity contribution in [1.82, 2.24) is 15.2 Å². The van der Waals surface area contributed by atoms with Gasteiger partial charge in [0.05, 0.1) is 12.7 Å². The number of carbonyl (C=O) groups excluding carboxylic acids is 3. The van der Waals surface area contributed by atoms with Crippen LogP contribution in [0.25, 0.3) is 0 Å². The van der Waals surface area contributed by atoms with Gasteiger partial charge in [-0.2, -0.15) is 4.31 Å². The second-order valence-corrected chi connectivity index (χ2v) is 9.53. The zero-order valence-electron chi connectivity index (χ0n) is 18.8. The summed E-state index contributed by atoms with van der Waals surface area (Å²) in [5.74, 6) is -2.07. The molecule has 0 atom stereocenters. The molecule has 11 heteroatoms. The summed E-state index contributed by atoms with van der Waals surface area (Å²) in [4.78, 5) is 36.2. The third-order valence-corrected chi connectivity index (χ3v) is 7.19. The van der Waals surface area contributed by atoms with Gasteiger partial charge in [0, 0.05) is 18.7 Å². The van der Waals surface area contributed by atoms with Crippen LogP contribution in [0, 0.1) is 0 Å². The lowest BCUT2D eigenvalue weighted by Crippen LogP contribution is -2.43. The lowest BCUT2D eigenvalue weighted by Gasteiger charge is -2.21. The molecule has 182 valence electrons. The van der Waals surface area contributed by atoms with E-state index in [-0.39, 0.29) is 16.2 Å². The summed E-state index contributed by atoms with van der Waals surface area (Å²) in [5.41, 5.74) is 4.67. The first-order valence-corrected chi connectivity index (χ1v) is 12.3. The molecule has 0 bridgehead atoms. The van der Waals surface area contributed by atoms with E-state index in [1.165, 1.54) is 29.6 Å². The summed E-state index contributed by atoms with van der Waals surface area (Å²) in [6, 6.07) is 12.2. The number of nitrogens with zero attached hydrogens (tertiary/aromatic N) is 1. The molecule has 0 radical (unpaired) electrons. The number of methoxy groups -OCH3 is 1. The number of amides is 2. The number of esters is 1. The molecule has 10 nitrogen and oxygen atoms in total. The highest BCUT2D eigenvalue weighted by Gasteiger charge is 2.29. The van der Waals surface area contributed by atoms with Crippen LogP contribution < -0.4 is 15.6 Å². The average Bonchev–Trinajstić information content (AvgIpc) is 3.16. The molecule has 0 saturated carbocycles. The van der Waals surface area contributed by atoms with Gasteiger partial charge in [-0.3, -0.25) is 20.4 Å². The first-order valence-electron chi connectivity index (χ1n) is 10.8. The Morgan fingerprint density at radius 3 is 2.24 bits per heavy atom. The van der Waals surface area contributed by atoms with Crippen molar-refractivity contribution in [3.05, 3.63) is 59.7 Å². The molecule has 1 aliphatic rings. The van der Waals surface area contributed by atoms with Crippen LogP contribution in [0.2, 0.25) is 0 Å². The summed E-state index contributed by atoms with van der Waals surface area (Å²) < 4.78 is 38.0. The minimum Gasteiger partial charge on any atom is -0.495 e. The van der Waals surface area contributed by atoms with Crippen molar-refractivity contribution in [1.29, 1.82) is 0 Å². The number of benzene rings is 2. The van der Waals surface area contributed by atoms with Crippen LogP contribution in [-0.2, 0) is 19.6 Å². The van der Waals surface area contributed by atoms with Gasteiger partial charge < -0.3 is 9.47 Å². The number of hydrazine groups is 1. The quantitative estimate of drug-likeness (QED) is 0.448. The van der Waals surface area contributed by atoms with Gasteiger partial charge >= 0.3 is 5.97 Å². The molecule has 1 saturated heterocycles. The first-order chi connectivity index (χ1) is 16.3. The number of hydrogen-bond donors (Lipinski definition) is 2. The van der Waals surface area contributed by atoms with E-state index in [1.54, 1.807) is 30.3 Å². The number of rotatable bonds is 7. The number of hydrogen-bond acceptors (Lipinski definition) is 7. The van der Waals surface area contributed by atoms with E-state index in [0.29, 0.717) is 18.7 Å². The third kappa shape index (κ3) is 6.33. The van der Waals surface area contributed by atoms with Crippen LogP contribution in [0.3, 0.4) is 0 Å². The van der Waals surface area contributed by atoms with Gasteiger partial charge in [-0.25, -0.2) is 13.2 Å². The van der Waals surface area contributed by atoms with E-state index < -0.39 is 34.4 Å². The highest BCUT2D eigenvalue weighted by molar-refractivity contribution is 7.89.